The van der Waals surface area contributed by atoms with E-state index in [1.165, 1.54) is 0 Å². The predicted molar refractivity (Wildman–Crippen MR) is 111 cm³/mol. The van der Waals surface area contributed by atoms with Crippen LogP contribution in [0.5, 0.6) is 5.75 Å². The molecule has 0 saturated heterocycles. The topological polar surface area (TPSA) is 21.6 Å². The molecule has 5 heteroatoms. The maximum absolute atomic E-state index is 6.15. The highest BCUT2D eigenvalue weighted by molar-refractivity contribution is 6.32. The van der Waals surface area contributed by atoms with Gasteiger partial charge in [-0.05, 0) is 60.5 Å². The normalized spacial score (nSPS) is 11.1. The molecule has 2 nitrogen and oxygen atoms in total. The van der Waals surface area contributed by atoms with Crippen molar-refractivity contribution in [1.82, 2.24) is 0 Å². The van der Waals surface area contributed by atoms with Crippen LogP contribution in [0.2, 0.25) is 15.1 Å². The van der Waals surface area contributed by atoms with Crippen molar-refractivity contribution in [2.24, 2.45) is 4.99 Å². The Balaban J connectivity index is 1.82. The molecule has 0 aliphatic heterocycles. The van der Waals surface area contributed by atoms with E-state index in [0.717, 1.165) is 22.4 Å². The zero-order valence-corrected chi connectivity index (χ0v) is 16.3. The summed E-state index contributed by atoms with van der Waals surface area (Å²) in [5.41, 5.74) is 3.56. The third-order valence-corrected chi connectivity index (χ3v) is 4.76. The largest absolute Gasteiger partial charge is 0.488 e. The second-order valence-electron chi connectivity index (χ2n) is 5.74. The van der Waals surface area contributed by atoms with E-state index in [1.54, 1.807) is 12.3 Å². The Hall–Kier alpha value is -2.00. The number of rotatable bonds is 5. The molecule has 132 valence electrons. The summed E-state index contributed by atoms with van der Waals surface area (Å²) in [6, 6.07) is 18.6. The molecule has 0 radical (unpaired) electrons. The van der Waals surface area contributed by atoms with E-state index in [4.69, 9.17) is 39.5 Å². The highest BCUT2D eigenvalue weighted by Crippen LogP contribution is 2.27. The number of halogens is 3. The standard InChI is InChI=1S/C21H16Cl3NO/c1-14-19(24)3-2-4-20(14)25-12-16-11-18(23)9-10-21(16)26-13-15-5-7-17(22)8-6-15/h2-12H,13H2,1H3. The summed E-state index contributed by atoms with van der Waals surface area (Å²) in [7, 11) is 0. The molecular weight excluding hydrogens is 389 g/mol. The van der Waals surface area contributed by atoms with Crippen LogP contribution in [-0.2, 0) is 6.61 Å². The number of benzene rings is 3. The van der Waals surface area contributed by atoms with E-state index in [2.05, 4.69) is 4.99 Å². The SMILES string of the molecule is Cc1c(Cl)cccc1N=Cc1cc(Cl)ccc1OCc1ccc(Cl)cc1. The van der Waals surface area contributed by atoms with Gasteiger partial charge in [0, 0.05) is 26.8 Å². The summed E-state index contributed by atoms with van der Waals surface area (Å²) in [5.74, 6) is 0.702. The van der Waals surface area contributed by atoms with Gasteiger partial charge >= 0.3 is 0 Å². The molecule has 0 aromatic heterocycles. The molecule has 0 heterocycles. The highest BCUT2D eigenvalue weighted by Gasteiger charge is 2.05. The Morgan fingerprint density at radius 2 is 1.65 bits per heavy atom. The van der Waals surface area contributed by atoms with Crippen LogP contribution >= 0.6 is 34.8 Å². The minimum absolute atomic E-state index is 0.426. The van der Waals surface area contributed by atoms with E-state index < -0.39 is 0 Å². The Morgan fingerprint density at radius 1 is 0.923 bits per heavy atom. The van der Waals surface area contributed by atoms with Crippen molar-refractivity contribution in [2.75, 3.05) is 0 Å². The van der Waals surface area contributed by atoms with E-state index in [1.807, 2.05) is 61.5 Å². The minimum atomic E-state index is 0.426. The molecule has 0 amide bonds. The minimum Gasteiger partial charge on any atom is -0.488 e. The van der Waals surface area contributed by atoms with Crippen molar-refractivity contribution in [3.05, 3.63) is 92.4 Å². The fourth-order valence-corrected chi connectivity index (χ4v) is 2.84. The number of aliphatic imine (C=N–C) groups is 1. The maximum Gasteiger partial charge on any atom is 0.128 e. The lowest BCUT2D eigenvalue weighted by Gasteiger charge is -2.10. The van der Waals surface area contributed by atoms with Gasteiger partial charge in [-0.25, -0.2) is 0 Å². The van der Waals surface area contributed by atoms with Crippen molar-refractivity contribution in [2.45, 2.75) is 13.5 Å². The van der Waals surface area contributed by atoms with Crippen LogP contribution in [0.15, 0.2) is 65.7 Å². The zero-order valence-electron chi connectivity index (χ0n) is 14.0. The van der Waals surface area contributed by atoms with Gasteiger partial charge in [-0.2, -0.15) is 0 Å². The highest BCUT2D eigenvalue weighted by atomic mass is 35.5. The lowest BCUT2D eigenvalue weighted by Crippen LogP contribution is -1.98. The van der Waals surface area contributed by atoms with Gasteiger partial charge in [-0.15, -0.1) is 0 Å². The summed E-state index contributed by atoms with van der Waals surface area (Å²) >= 11 is 18.2. The lowest BCUT2D eigenvalue weighted by atomic mass is 10.2. The molecule has 0 bridgehead atoms. The second-order valence-corrected chi connectivity index (χ2v) is 7.02. The van der Waals surface area contributed by atoms with Crippen LogP contribution in [0.4, 0.5) is 5.69 Å². The van der Waals surface area contributed by atoms with Crippen molar-refractivity contribution in [1.29, 1.82) is 0 Å². The van der Waals surface area contributed by atoms with Gasteiger partial charge in [0.25, 0.3) is 0 Å². The third kappa shape index (κ3) is 4.79. The van der Waals surface area contributed by atoms with Gasteiger partial charge in [0.1, 0.15) is 12.4 Å². The molecule has 0 atom stereocenters. The molecule has 0 aliphatic rings. The van der Waals surface area contributed by atoms with E-state index in [9.17, 15) is 0 Å². The smallest absolute Gasteiger partial charge is 0.128 e. The number of ether oxygens (including phenoxy) is 1. The molecule has 0 N–H and O–H groups in total. The van der Waals surface area contributed by atoms with Crippen molar-refractivity contribution in [3.8, 4) is 5.75 Å². The second kappa shape index (κ2) is 8.59. The van der Waals surface area contributed by atoms with Gasteiger partial charge in [-0.3, -0.25) is 4.99 Å². The Morgan fingerprint density at radius 3 is 2.42 bits per heavy atom. The lowest BCUT2D eigenvalue weighted by molar-refractivity contribution is 0.306. The van der Waals surface area contributed by atoms with Crippen LogP contribution in [0.25, 0.3) is 0 Å². The van der Waals surface area contributed by atoms with Crippen molar-refractivity contribution < 1.29 is 4.74 Å². The Kier molecular flexibility index (Phi) is 6.20. The number of nitrogens with zero attached hydrogens (tertiary/aromatic N) is 1. The van der Waals surface area contributed by atoms with Crippen molar-refractivity contribution >= 4 is 46.7 Å². The average molecular weight is 405 g/mol. The average Bonchev–Trinajstić information content (AvgIpc) is 2.63. The first-order chi connectivity index (χ1) is 12.5. The van der Waals surface area contributed by atoms with Crippen LogP contribution in [-0.4, -0.2) is 6.21 Å². The van der Waals surface area contributed by atoms with Gasteiger partial charge in [-0.1, -0.05) is 53.0 Å². The molecule has 3 aromatic rings. The molecule has 0 fully saturated rings. The van der Waals surface area contributed by atoms with Gasteiger partial charge in [0.2, 0.25) is 0 Å². The van der Waals surface area contributed by atoms with E-state index in [-0.39, 0.29) is 0 Å². The van der Waals surface area contributed by atoms with Gasteiger partial charge in [0.05, 0.1) is 5.69 Å². The molecule has 3 rings (SSSR count). The van der Waals surface area contributed by atoms with E-state index >= 15 is 0 Å². The monoisotopic (exact) mass is 403 g/mol. The van der Waals surface area contributed by atoms with E-state index in [0.29, 0.717) is 27.4 Å². The Bertz CT molecular complexity index is 936. The van der Waals surface area contributed by atoms with Crippen LogP contribution in [0.1, 0.15) is 16.7 Å². The zero-order chi connectivity index (χ0) is 18.5. The maximum atomic E-state index is 6.15. The fourth-order valence-electron chi connectivity index (χ4n) is 2.37. The predicted octanol–water partition coefficient (Wildman–Crippen LogP) is 7.28. The van der Waals surface area contributed by atoms with Gasteiger partial charge in [0.15, 0.2) is 0 Å². The molecule has 0 saturated carbocycles. The first kappa shape index (κ1) is 18.8. The van der Waals surface area contributed by atoms with Crippen LogP contribution in [0.3, 0.4) is 0 Å². The quantitative estimate of drug-likeness (QED) is 0.409. The van der Waals surface area contributed by atoms with Crippen molar-refractivity contribution in [3.63, 3.8) is 0 Å². The summed E-state index contributed by atoms with van der Waals surface area (Å²) < 4.78 is 5.94. The summed E-state index contributed by atoms with van der Waals surface area (Å²) in [4.78, 5) is 4.54. The Labute approximate surface area is 168 Å². The summed E-state index contributed by atoms with van der Waals surface area (Å²) in [5, 5.41) is 2.00. The van der Waals surface area contributed by atoms with Gasteiger partial charge < -0.3 is 4.74 Å². The first-order valence-electron chi connectivity index (χ1n) is 7.99. The third-order valence-electron chi connectivity index (χ3n) is 3.86. The summed E-state index contributed by atoms with van der Waals surface area (Å²) in [6.07, 6.45) is 1.74. The molecule has 0 spiro atoms. The molecule has 3 aromatic carbocycles. The van der Waals surface area contributed by atoms with Crippen LogP contribution < -0.4 is 4.74 Å². The fraction of sp³-hybridized carbons (Fsp3) is 0.0952. The molecular formula is C21H16Cl3NO. The summed E-state index contributed by atoms with van der Waals surface area (Å²) in [6.45, 7) is 2.36. The molecule has 0 unspecified atom stereocenters. The molecule has 26 heavy (non-hydrogen) atoms. The van der Waals surface area contributed by atoms with Crippen LogP contribution in [0, 0.1) is 6.92 Å². The number of hydrogen-bond donors (Lipinski definition) is 0. The first-order valence-corrected chi connectivity index (χ1v) is 9.12. The molecule has 0 aliphatic carbocycles. The number of hydrogen-bond acceptors (Lipinski definition) is 2.